The average Bonchev–Trinajstić information content (AvgIpc) is 3.44. The van der Waals surface area contributed by atoms with Gasteiger partial charge in [-0.2, -0.15) is 0 Å². The molecule has 2 bridgehead atoms. The molecule has 1 aromatic heterocycles. The summed E-state index contributed by atoms with van der Waals surface area (Å²) in [5.41, 5.74) is 0.176. The number of carbonyl (C=O) groups is 2. The molecule has 2 amide bonds. The highest BCUT2D eigenvalue weighted by Crippen LogP contribution is 2.52. The molecule has 5 rings (SSSR count). The molecule has 28 heavy (non-hydrogen) atoms. The van der Waals surface area contributed by atoms with Crippen LogP contribution in [0.5, 0.6) is 0 Å². The van der Waals surface area contributed by atoms with Crippen LogP contribution in [0.15, 0.2) is 53.9 Å². The SMILES string of the molecule is O=C(NCc1ccccc1Cl)C1[C@@H]2C=CC3(CN(Cc4cccs4)C(=O)[C@H]13)O2. The summed E-state index contributed by atoms with van der Waals surface area (Å²) in [6.45, 7) is 1.39. The third kappa shape index (κ3) is 2.79. The third-order valence-electron chi connectivity index (χ3n) is 5.82. The summed E-state index contributed by atoms with van der Waals surface area (Å²) in [7, 11) is 0. The molecule has 4 atom stereocenters. The Labute approximate surface area is 171 Å². The second-order valence-electron chi connectivity index (χ2n) is 7.48. The van der Waals surface area contributed by atoms with E-state index in [2.05, 4.69) is 5.32 Å². The van der Waals surface area contributed by atoms with E-state index in [0.717, 1.165) is 10.4 Å². The summed E-state index contributed by atoms with van der Waals surface area (Å²) < 4.78 is 6.16. The number of ether oxygens (including phenoxy) is 1. The Hall–Kier alpha value is -2.15. The van der Waals surface area contributed by atoms with E-state index in [1.54, 1.807) is 17.4 Å². The molecule has 5 nitrogen and oxygen atoms in total. The standard InChI is InChI=1S/C21H19ClN2O3S/c22-15-6-2-1-4-13(15)10-23-19(25)17-16-7-8-21(27-16)12-24(20(26)18(17)21)11-14-5-3-9-28-14/h1-9,16-18H,10-12H2,(H,23,25)/t16-,17?,18-,21?/m0/s1. The van der Waals surface area contributed by atoms with Crippen molar-refractivity contribution in [2.45, 2.75) is 24.8 Å². The number of fused-ring (bicyclic) bond motifs is 1. The van der Waals surface area contributed by atoms with Crippen molar-refractivity contribution in [2.24, 2.45) is 11.8 Å². The number of likely N-dealkylation sites (tertiary alicyclic amines) is 1. The molecule has 0 saturated carbocycles. The highest BCUT2D eigenvalue weighted by atomic mass is 35.5. The van der Waals surface area contributed by atoms with Crippen molar-refractivity contribution in [3.8, 4) is 0 Å². The van der Waals surface area contributed by atoms with Crippen LogP contribution in [0.25, 0.3) is 0 Å². The predicted molar refractivity (Wildman–Crippen MR) is 107 cm³/mol. The summed E-state index contributed by atoms with van der Waals surface area (Å²) in [4.78, 5) is 29.1. The molecule has 144 valence electrons. The van der Waals surface area contributed by atoms with Gasteiger partial charge in [-0.1, -0.05) is 48.0 Å². The van der Waals surface area contributed by atoms with Crippen LogP contribution in [0.3, 0.4) is 0 Å². The van der Waals surface area contributed by atoms with Crippen LogP contribution < -0.4 is 5.32 Å². The predicted octanol–water partition coefficient (Wildman–Crippen LogP) is 3.00. The zero-order valence-electron chi connectivity index (χ0n) is 15.0. The first-order valence-corrected chi connectivity index (χ1v) is 10.5. The lowest BCUT2D eigenvalue weighted by Gasteiger charge is -2.23. The average molecular weight is 415 g/mol. The number of nitrogens with zero attached hydrogens (tertiary/aromatic N) is 1. The molecule has 3 aliphatic heterocycles. The van der Waals surface area contributed by atoms with E-state index in [1.807, 2.05) is 52.8 Å². The summed E-state index contributed by atoms with van der Waals surface area (Å²) >= 11 is 7.81. The molecule has 3 aliphatic rings. The lowest BCUT2D eigenvalue weighted by molar-refractivity contribution is -0.137. The molecule has 1 N–H and O–H groups in total. The van der Waals surface area contributed by atoms with Crippen molar-refractivity contribution in [1.82, 2.24) is 10.2 Å². The summed E-state index contributed by atoms with van der Waals surface area (Å²) in [5, 5.41) is 5.57. The van der Waals surface area contributed by atoms with Gasteiger partial charge in [0.25, 0.3) is 0 Å². The first kappa shape index (κ1) is 17.9. The Morgan fingerprint density at radius 2 is 2.18 bits per heavy atom. The second-order valence-corrected chi connectivity index (χ2v) is 8.92. The molecule has 0 aliphatic carbocycles. The molecular weight excluding hydrogens is 396 g/mol. The van der Waals surface area contributed by atoms with Crippen molar-refractivity contribution in [3.63, 3.8) is 0 Å². The number of rotatable bonds is 5. The van der Waals surface area contributed by atoms with Crippen LogP contribution >= 0.6 is 22.9 Å². The summed E-state index contributed by atoms with van der Waals surface area (Å²) in [6.07, 6.45) is 3.56. The molecular formula is C21H19ClN2O3S. The third-order valence-corrected chi connectivity index (χ3v) is 7.05. The van der Waals surface area contributed by atoms with Gasteiger partial charge in [-0.15, -0.1) is 11.3 Å². The van der Waals surface area contributed by atoms with Crippen LogP contribution in [0.1, 0.15) is 10.4 Å². The summed E-state index contributed by atoms with van der Waals surface area (Å²) in [6, 6.07) is 11.4. The Kier molecular flexibility index (Phi) is 4.30. The number of carbonyl (C=O) groups excluding carboxylic acids is 2. The van der Waals surface area contributed by atoms with Crippen LogP contribution in [0, 0.1) is 11.8 Å². The number of hydrogen-bond donors (Lipinski definition) is 1. The Balaban J connectivity index is 1.33. The molecule has 1 spiro atoms. The Bertz CT molecular complexity index is 960. The first-order chi connectivity index (χ1) is 13.6. The number of nitrogens with one attached hydrogen (secondary N) is 1. The fourth-order valence-corrected chi connectivity index (χ4v) is 5.47. The van der Waals surface area contributed by atoms with Crippen LogP contribution in [-0.2, 0) is 27.4 Å². The van der Waals surface area contributed by atoms with E-state index in [0.29, 0.717) is 24.7 Å². The molecule has 2 aromatic rings. The van der Waals surface area contributed by atoms with Crippen molar-refractivity contribution >= 4 is 34.8 Å². The number of thiophene rings is 1. The van der Waals surface area contributed by atoms with E-state index in [1.165, 1.54) is 0 Å². The van der Waals surface area contributed by atoms with Gasteiger partial charge in [-0.25, -0.2) is 0 Å². The Morgan fingerprint density at radius 3 is 2.96 bits per heavy atom. The smallest absolute Gasteiger partial charge is 0.230 e. The number of hydrogen-bond acceptors (Lipinski definition) is 4. The molecule has 7 heteroatoms. The Morgan fingerprint density at radius 1 is 1.32 bits per heavy atom. The van der Waals surface area contributed by atoms with Gasteiger partial charge >= 0.3 is 0 Å². The van der Waals surface area contributed by atoms with Gasteiger partial charge in [0.1, 0.15) is 5.60 Å². The lowest BCUT2D eigenvalue weighted by Crippen LogP contribution is -2.43. The maximum Gasteiger partial charge on any atom is 0.230 e. The maximum atomic E-state index is 13.2. The normalized spacial score (nSPS) is 30.1. The molecule has 1 aromatic carbocycles. The zero-order chi connectivity index (χ0) is 19.3. The summed E-state index contributed by atoms with van der Waals surface area (Å²) in [5.74, 6) is -1.13. The number of halogens is 1. The molecule has 4 heterocycles. The van der Waals surface area contributed by atoms with Crippen molar-refractivity contribution < 1.29 is 14.3 Å². The topological polar surface area (TPSA) is 58.6 Å². The lowest BCUT2D eigenvalue weighted by atomic mass is 9.77. The van der Waals surface area contributed by atoms with Crippen LogP contribution in [0.4, 0.5) is 0 Å². The van der Waals surface area contributed by atoms with Gasteiger partial charge in [-0.05, 0) is 23.1 Å². The highest BCUT2D eigenvalue weighted by Gasteiger charge is 2.66. The first-order valence-electron chi connectivity index (χ1n) is 9.27. The van der Waals surface area contributed by atoms with Crippen molar-refractivity contribution in [3.05, 3.63) is 69.4 Å². The highest BCUT2D eigenvalue weighted by molar-refractivity contribution is 7.09. The minimum absolute atomic E-state index is 0.00172. The molecule has 0 radical (unpaired) electrons. The number of amides is 2. The van der Waals surface area contributed by atoms with E-state index in [-0.39, 0.29) is 17.9 Å². The largest absolute Gasteiger partial charge is 0.360 e. The van der Waals surface area contributed by atoms with Gasteiger partial charge in [-0.3, -0.25) is 9.59 Å². The van der Waals surface area contributed by atoms with E-state index in [9.17, 15) is 9.59 Å². The number of benzene rings is 1. The molecule has 2 fully saturated rings. The maximum absolute atomic E-state index is 13.2. The van der Waals surface area contributed by atoms with Gasteiger partial charge in [0.05, 0.1) is 31.0 Å². The second kappa shape index (κ2) is 6.72. The van der Waals surface area contributed by atoms with Gasteiger partial charge in [0.15, 0.2) is 0 Å². The zero-order valence-corrected chi connectivity index (χ0v) is 16.6. The van der Waals surface area contributed by atoms with Crippen molar-refractivity contribution in [1.29, 1.82) is 0 Å². The van der Waals surface area contributed by atoms with E-state index in [4.69, 9.17) is 16.3 Å². The van der Waals surface area contributed by atoms with Crippen LogP contribution in [-0.4, -0.2) is 35.0 Å². The minimum atomic E-state index is -0.675. The fraction of sp³-hybridized carbons (Fsp3) is 0.333. The molecule has 2 saturated heterocycles. The van der Waals surface area contributed by atoms with Crippen LogP contribution in [0.2, 0.25) is 5.02 Å². The molecule has 2 unspecified atom stereocenters. The van der Waals surface area contributed by atoms with Crippen molar-refractivity contribution in [2.75, 3.05) is 6.54 Å². The fourth-order valence-electron chi connectivity index (χ4n) is 4.54. The van der Waals surface area contributed by atoms with E-state index < -0.39 is 17.4 Å². The van der Waals surface area contributed by atoms with Gasteiger partial charge in [0, 0.05) is 16.4 Å². The minimum Gasteiger partial charge on any atom is -0.360 e. The monoisotopic (exact) mass is 414 g/mol. The van der Waals surface area contributed by atoms with E-state index >= 15 is 0 Å². The van der Waals surface area contributed by atoms with Gasteiger partial charge in [0.2, 0.25) is 11.8 Å². The van der Waals surface area contributed by atoms with Gasteiger partial charge < -0.3 is 15.0 Å². The quantitative estimate of drug-likeness (QED) is 0.765.